The van der Waals surface area contributed by atoms with Crippen LogP contribution in [0.3, 0.4) is 0 Å². The zero-order chi connectivity index (χ0) is 13.8. The van der Waals surface area contributed by atoms with Crippen molar-refractivity contribution in [1.82, 2.24) is 10.2 Å². The summed E-state index contributed by atoms with van der Waals surface area (Å²) < 4.78 is 0. The molecule has 1 aliphatic rings. The second-order valence-corrected chi connectivity index (χ2v) is 4.66. The van der Waals surface area contributed by atoms with Crippen LogP contribution in [0.4, 0.5) is 16.2 Å². The van der Waals surface area contributed by atoms with Gasteiger partial charge in [0.15, 0.2) is 0 Å². The van der Waals surface area contributed by atoms with Crippen LogP contribution >= 0.6 is 11.6 Å². The highest BCUT2D eigenvalue weighted by Gasteiger charge is 2.19. The van der Waals surface area contributed by atoms with Crippen LogP contribution in [0.1, 0.15) is 6.42 Å². The minimum Gasteiger partial charge on any atom is -0.399 e. The van der Waals surface area contributed by atoms with Gasteiger partial charge in [0.2, 0.25) is 5.91 Å². The lowest BCUT2D eigenvalue weighted by Gasteiger charge is -2.14. The highest BCUT2D eigenvalue weighted by Crippen LogP contribution is 2.24. The Labute approximate surface area is 115 Å². The van der Waals surface area contributed by atoms with Gasteiger partial charge in [-0.3, -0.25) is 4.79 Å². The van der Waals surface area contributed by atoms with Crippen LogP contribution in [0.2, 0.25) is 5.02 Å². The summed E-state index contributed by atoms with van der Waals surface area (Å²) in [6.45, 7) is 1.66. The van der Waals surface area contributed by atoms with Crippen LogP contribution in [0, 0.1) is 0 Å². The first-order valence-corrected chi connectivity index (χ1v) is 6.32. The SMILES string of the molecule is Nc1ccc(NC(=O)CCN2CCNC2=O)c(Cl)c1. The number of carbonyl (C=O) groups is 2. The fourth-order valence-corrected chi connectivity index (χ4v) is 2.04. The first-order valence-electron chi connectivity index (χ1n) is 5.94. The molecule has 102 valence electrons. The van der Waals surface area contributed by atoms with Crippen molar-refractivity contribution in [3.05, 3.63) is 23.2 Å². The number of nitrogens with one attached hydrogen (secondary N) is 2. The molecule has 1 aromatic carbocycles. The molecule has 1 heterocycles. The molecule has 0 spiro atoms. The second-order valence-electron chi connectivity index (χ2n) is 4.26. The highest BCUT2D eigenvalue weighted by atomic mass is 35.5. The molecule has 0 radical (unpaired) electrons. The van der Waals surface area contributed by atoms with Crippen molar-refractivity contribution in [2.45, 2.75) is 6.42 Å². The lowest BCUT2D eigenvalue weighted by Crippen LogP contribution is -2.31. The minimum atomic E-state index is -0.189. The molecule has 6 nitrogen and oxygen atoms in total. The smallest absolute Gasteiger partial charge is 0.317 e. The normalized spacial score (nSPS) is 14.4. The van der Waals surface area contributed by atoms with Crippen molar-refractivity contribution in [3.63, 3.8) is 0 Å². The Kier molecular flexibility index (Phi) is 4.11. The van der Waals surface area contributed by atoms with Gasteiger partial charge in [0.25, 0.3) is 0 Å². The average molecular weight is 283 g/mol. The molecule has 7 heteroatoms. The van der Waals surface area contributed by atoms with Crippen molar-refractivity contribution in [3.8, 4) is 0 Å². The quantitative estimate of drug-likeness (QED) is 0.727. The van der Waals surface area contributed by atoms with Crippen LogP contribution in [-0.2, 0) is 4.79 Å². The number of amides is 3. The molecule has 0 saturated carbocycles. The third-order valence-electron chi connectivity index (χ3n) is 2.82. The van der Waals surface area contributed by atoms with E-state index in [0.717, 1.165) is 0 Å². The fourth-order valence-electron chi connectivity index (χ4n) is 1.81. The second kappa shape index (κ2) is 5.79. The summed E-state index contributed by atoms with van der Waals surface area (Å²) in [7, 11) is 0. The molecule has 0 aromatic heterocycles. The van der Waals surface area contributed by atoms with Gasteiger partial charge in [-0.2, -0.15) is 0 Å². The molecule has 3 amide bonds. The predicted molar refractivity (Wildman–Crippen MR) is 74.1 cm³/mol. The van der Waals surface area contributed by atoms with Gasteiger partial charge in [0, 0.05) is 31.7 Å². The van der Waals surface area contributed by atoms with Crippen LogP contribution in [0.15, 0.2) is 18.2 Å². The first kappa shape index (κ1) is 13.5. The van der Waals surface area contributed by atoms with E-state index in [-0.39, 0.29) is 18.4 Å². The van der Waals surface area contributed by atoms with Gasteiger partial charge in [-0.15, -0.1) is 0 Å². The van der Waals surface area contributed by atoms with Gasteiger partial charge >= 0.3 is 6.03 Å². The maximum atomic E-state index is 11.8. The number of benzene rings is 1. The van der Waals surface area contributed by atoms with Crippen LogP contribution in [0.25, 0.3) is 0 Å². The van der Waals surface area contributed by atoms with Crippen molar-refractivity contribution in [1.29, 1.82) is 0 Å². The number of hydrogen-bond acceptors (Lipinski definition) is 3. The Morgan fingerprint density at radius 1 is 1.53 bits per heavy atom. The van der Waals surface area contributed by atoms with E-state index in [2.05, 4.69) is 10.6 Å². The van der Waals surface area contributed by atoms with E-state index in [1.54, 1.807) is 23.1 Å². The number of hydrogen-bond donors (Lipinski definition) is 3. The maximum absolute atomic E-state index is 11.8. The average Bonchev–Trinajstić information content (AvgIpc) is 2.76. The molecular weight excluding hydrogens is 268 g/mol. The van der Waals surface area contributed by atoms with E-state index >= 15 is 0 Å². The third-order valence-corrected chi connectivity index (χ3v) is 3.13. The number of nitrogens with zero attached hydrogens (tertiary/aromatic N) is 1. The Morgan fingerprint density at radius 2 is 2.32 bits per heavy atom. The van der Waals surface area contributed by atoms with Gasteiger partial charge in [0.05, 0.1) is 10.7 Å². The summed E-state index contributed by atoms with van der Waals surface area (Å²) in [5, 5.41) is 5.77. The van der Waals surface area contributed by atoms with Gasteiger partial charge in [-0.05, 0) is 18.2 Å². The standard InChI is InChI=1S/C12H15ClN4O2/c13-9-7-8(14)1-2-10(9)16-11(18)3-5-17-6-4-15-12(17)19/h1-2,7H,3-6,14H2,(H,15,19)(H,16,18). The van der Waals surface area contributed by atoms with Gasteiger partial charge in [-0.1, -0.05) is 11.6 Å². The predicted octanol–water partition coefficient (Wildman–Crippen LogP) is 1.28. The third kappa shape index (κ3) is 3.51. The number of halogens is 1. The Bertz CT molecular complexity index is 507. The highest BCUT2D eigenvalue weighted by molar-refractivity contribution is 6.34. The van der Waals surface area contributed by atoms with Crippen molar-refractivity contribution in [2.24, 2.45) is 0 Å². The molecule has 0 bridgehead atoms. The number of nitrogen functional groups attached to an aromatic ring is 1. The summed E-state index contributed by atoms with van der Waals surface area (Å²) in [6, 6.07) is 4.76. The summed E-state index contributed by atoms with van der Waals surface area (Å²) in [4.78, 5) is 24.6. The van der Waals surface area contributed by atoms with Crippen LogP contribution < -0.4 is 16.4 Å². The summed E-state index contributed by atoms with van der Waals surface area (Å²) >= 11 is 5.95. The van der Waals surface area contributed by atoms with Crippen LogP contribution in [0.5, 0.6) is 0 Å². The zero-order valence-corrected chi connectivity index (χ0v) is 11.0. The summed E-state index contributed by atoms with van der Waals surface area (Å²) in [5.41, 5.74) is 6.63. The monoisotopic (exact) mass is 282 g/mol. The van der Waals surface area contributed by atoms with E-state index in [0.29, 0.717) is 36.0 Å². The zero-order valence-electron chi connectivity index (χ0n) is 10.3. The lowest BCUT2D eigenvalue weighted by molar-refractivity contribution is -0.116. The van der Waals surface area contributed by atoms with Gasteiger partial charge in [-0.25, -0.2) is 4.79 Å². The molecule has 19 heavy (non-hydrogen) atoms. The number of urea groups is 1. The molecule has 0 aliphatic carbocycles. The lowest BCUT2D eigenvalue weighted by atomic mass is 10.2. The van der Waals surface area contributed by atoms with Crippen molar-refractivity contribution >= 4 is 34.9 Å². The summed E-state index contributed by atoms with van der Waals surface area (Å²) in [5.74, 6) is -0.189. The molecule has 0 atom stereocenters. The fraction of sp³-hybridized carbons (Fsp3) is 0.333. The molecule has 1 saturated heterocycles. The van der Waals surface area contributed by atoms with E-state index in [1.807, 2.05) is 0 Å². The van der Waals surface area contributed by atoms with Crippen LogP contribution in [-0.4, -0.2) is 36.5 Å². The molecule has 2 rings (SSSR count). The van der Waals surface area contributed by atoms with E-state index in [1.165, 1.54) is 0 Å². The maximum Gasteiger partial charge on any atom is 0.317 e. The van der Waals surface area contributed by atoms with E-state index in [4.69, 9.17) is 17.3 Å². The molecule has 1 aromatic rings. The Morgan fingerprint density at radius 3 is 2.95 bits per heavy atom. The molecule has 4 N–H and O–H groups in total. The van der Waals surface area contributed by atoms with Crippen molar-refractivity contribution < 1.29 is 9.59 Å². The molecule has 0 unspecified atom stereocenters. The summed E-state index contributed by atoms with van der Waals surface area (Å²) in [6.07, 6.45) is 0.230. The first-order chi connectivity index (χ1) is 9.06. The topological polar surface area (TPSA) is 87.5 Å². The van der Waals surface area contributed by atoms with Gasteiger partial charge < -0.3 is 21.3 Å². The Hall–Kier alpha value is -1.95. The molecule has 1 fully saturated rings. The number of rotatable bonds is 4. The van der Waals surface area contributed by atoms with Crippen molar-refractivity contribution in [2.75, 3.05) is 30.7 Å². The van der Waals surface area contributed by atoms with Gasteiger partial charge in [0.1, 0.15) is 0 Å². The number of carbonyl (C=O) groups excluding carboxylic acids is 2. The molecular formula is C12H15ClN4O2. The van der Waals surface area contributed by atoms with E-state index in [9.17, 15) is 9.59 Å². The number of anilines is 2. The minimum absolute atomic E-state index is 0.127. The Balaban J connectivity index is 1.85. The van der Waals surface area contributed by atoms with E-state index < -0.39 is 0 Å². The number of nitrogens with two attached hydrogens (primary N) is 1. The molecule has 1 aliphatic heterocycles. The largest absolute Gasteiger partial charge is 0.399 e.